The molecule has 0 bridgehead atoms. The fraction of sp³-hybridized carbons (Fsp3) is 0.667. The zero-order valence-electron chi connectivity index (χ0n) is 6.05. The Balaban J connectivity index is 2.84. The van der Waals surface area contributed by atoms with Crippen LogP contribution in [0.15, 0.2) is 0 Å². The molecule has 10 heavy (non-hydrogen) atoms. The Morgan fingerprint density at radius 2 is 2.50 bits per heavy atom. The van der Waals surface area contributed by atoms with E-state index in [0.717, 1.165) is 12.2 Å². The monoisotopic (exact) mass is 174 g/mol. The molecule has 0 aliphatic carbocycles. The van der Waals surface area contributed by atoms with Crippen LogP contribution >= 0.6 is 23.8 Å². The number of rotatable bonds is 2. The normalized spacial score (nSPS) is 13.4. The van der Waals surface area contributed by atoms with Gasteiger partial charge in [-0.25, -0.2) is 4.98 Å². The fourth-order valence-corrected chi connectivity index (χ4v) is 1.45. The van der Waals surface area contributed by atoms with E-state index in [0.29, 0.717) is 9.87 Å². The molecular weight excluding hydrogens is 164 g/mol. The molecule has 1 unspecified atom stereocenters. The van der Waals surface area contributed by atoms with Crippen LogP contribution in [0.25, 0.3) is 0 Å². The van der Waals surface area contributed by atoms with E-state index in [1.165, 1.54) is 11.5 Å². The summed E-state index contributed by atoms with van der Waals surface area (Å²) in [4.78, 5) is 4.16. The number of aromatic amines is 1. The average molecular weight is 174 g/mol. The van der Waals surface area contributed by atoms with Crippen molar-refractivity contribution in [1.82, 2.24) is 9.36 Å². The zero-order valence-corrected chi connectivity index (χ0v) is 7.68. The van der Waals surface area contributed by atoms with Crippen LogP contribution in [0.3, 0.4) is 0 Å². The molecule has 1 N–H and O–H groups in total. The fourth-order valence-electron chi connectivity index (χ4n) is 0.644. The molecule has 0 fully saturated rings. The van der Waals surface area contributed by atoms with Gasteiger partial charge >= 0.3 is 0 Å². The standard InChI is InChI=1S/C6H10N2S2/c1-3-4(2)5-7-6(9)10-8-5/h4H,3H2,1-2H3,(H,7,8,9). The summed E-state index contributed by atoms with van der Waals surface area (Å²) in [6.45, 7) is 4.28. The molecule has 0 saturated heterocycles. The third-order valence-electron chi connectivity index (χ3n) is 1.53. The SMILES string of the molecule is CCC(C)c1nc(=S)s[nH]1. The summed E-state index contributed by atoms with van der Waals surface area (Å²) >= 11 is 6.30. The molecule has 0 aliphatic rings. The first-order chi connectivity index (χ1) is 4.74. The Hall–Kier alpha value is -0.220. The van der Waals surface area contributed by atoms with Crippen LogP contribution in [0.2, 0.25) is 0 Å². The van der Waals surface area contributed by atoms with Crippen LogP contribution in [-0.4, -0.2) is 9.36 Å². The summed E-state index contributed by atoms with van der Waals surface area (Å²) in [6.07, 6.45) is 1.11. The number of hydrogen-bond donors (Lipinski definition) is 1. The maximum Gasteiger partial charge on any atom is 0.198 e. The summed E-state index contributed by atoms with van der Waals surface area (Å²) in [7, 11) is 0. The summed E-state index contributed by atoms with van der Waals surface area (Å²) in [5.41, 5.74) is 0. The van der Waals surface area contributed by atoms with E-state index in [1.807, 2.05) is 0 Å². The van der Waals surface area contributed by atoms with Crippen molar-refractivity contribution in [2.45, 2.75) is 26.2 Å². The van der Waals surface area contributed by atoms with Gasteiger partial charge in [-0.1, -0.05) is 13.8 Å². The smallest absolute Gasteiger partial charge is 0.198 e. The molecule has 1 aromatic heterocycles. The number of nitrogens with zero attached hydrogens (tertiary/aromatic N) is 1. The van der Waals surface area contributed by atoms with Crippen LogP contribution < -0.4 is 0 Å². The lowest BCUT2D eigenvalue weighted by atomic mass is 10.1. The van der Waals surface area contributed by atoms with Crippen LogP contribution in [0.5, 0.6) is 0 Å². The lowest BCUT2D eigenvalue weighted by molar-refractivity contribution is 0.691. The molecule has 0 aliphatic heterocycles. The van der Waals surface area contributed by atoms with Crippen molar-refractivity contribution in [3.8, 4) is 0 Å². The van der Waals surface area contributed by atoms with Crippen molar-refractivity contribution in [3.05, 3.63) is 9.78 Å². The Bertz CT molecular complexity index is 250. The minimum atomic E-state index is 0.507. The van der Waals surface area contributed by atoms with Gasteiger partial charge in [0, 0.05) is 5.92 Å². The van der Waals surface area contributed by atoms with Gasteiger partial charge in [0.2, 0.25) is 0 Å². The predicted molar refractivity (Wildman–Crippen MR) is 46.0 cm³/mol. The highest BCUT2D eigenvalue weighted by atomic mass is 32.2. The Morgan fingerprint density at radius 1 is 1.80 bits per heavy atom. The number of aromatic nitrogens is 2. The molecule has 56 valence electrons. The zero-order chi connectivity index (χ0) is 7.56. The van der Waals surface area contributed by atoms with Crippen molar-refractivity contribution in [2.24, 2.45) is 0 Å². The molecular formula is C6H10N2S2. The van der Waals surface area contributed by atoms with Crippen molar-refractivity contribution in [3.63, 3.8) is 0 Å². The molecule has 0 aromatic carbocycles. The maximum atomic E-state index is 4.88. The second kappa shape index (κ2) is 3.25. The van der Waals surface area contributed by atoms with E-state index in [-0.39, 0.29) is 0 Å². The summed E-state index contributed by atoms with van der Waals surface area (Å²) < 4.78 is 3.79. The third kappa shape index (κ3) is 1.64. The molecule has 0 amide bonds. The molecule has 0 spiro atoms. The van der Waals surface area contributed by atoms with Gasteiger partial charge in [-0.15, -0.1) is 0 Å². The van der Waals surface area contributed by atoms with Gasteiger partial charge < -0.3 is 0 Å². The molecule has 0 radical (unpaired) electrons. The van der Waals surface area contributed by atoms with Crippen molar-refractivity contribution in [1.29, 1.82) is 0 Å². The molecule has 1 rings (SSSR count). The first-order valence-corrected chi connectivity index (χ1v) is 4.52. The Morgan fingerprint density at radius 3 is 2.90 bits per heavy atom. The molecule has 4 heteroatoms. The van der Waals surface area contributed by atoms with Crippen LogP contribution in [0, 0.1) is 3.95 Å². The van der Waals surface area contributed by atoms with Gasteiger partial charge in [0.05, 0.1) is 0 Å². The average Bonchev–Trinajstić information content (AvgIpc) is 2.34. The third-order valence-corrected chi connectivity index (χ3v) is 2.45. The Kier molecular flexibility index (Phi) is 2.56. The second-order valence-corrected chi connectivity index (χ2v) is 3.72. The highest BCUT2D eigenvalue weighted by molar-refractivity contribution is 7.73. The molecule has 0 saturated carbocycles. The quantitative estimate of drug-likeness (QED) is 0.698. The van der Waals surface area contributed by atoms with E-state index in [4.69, 9.17) is 12.2 Å². The molecule has 1 aromatic rings. The summed E-state index contributed by atoms with van der Waals surface area (Å²) in [5, 5.41) is 0. The van der Waals surface area contributed by atoms with Gasteiger partial charge in [0.25, 0.3) is 0 Å². The van der Waals surface area contributed by atoms with Gasteiger partial charge in [-0.05, 0) is 30.2 Å². The molecule has 2 nitrogen and oxygen atoms in total. The van der Waals surface area contributed by atoms with Crippen molar-refractivity contribution >= 4 is 23.8 Å². The maximum absolute atomic E-state index is 4.88. The van der Waals surface area contributed by atoms with E-state index >= 15 is 0 Å². The number of nitrogens with one attached hydrogen (secondary N) is 1. The second-order valence-electron chi connectivity index (χ2n) is 2.28. The number of H-pyrrole nitrogens is 1. The van der Waals surface area contributed by atoms with Crippen LogP contribution in [0.1, 0.15) is 32.0 Å². The first-order valence-electron chi connectivity index (χ1n) is 3.29. The molecule has 1 atom stereocenters. The van der Waals surface area contributed by atoms with Crippen LogP contribution in [-0.2, 0) is 0 Å². The van der Waals surface area contributed by atoms with Gasteiger partial charge in [0.1, 0.15) is 5.82 Å². The highest BCUT2D eigenvalue weighted by Crippen LogP contribution is 2.14. The van der Waals surface area contributed by atoms with E-state index < -0.39 is 0 Å². The predicted octanol–water partition coefficient (Wildman–Crippen LogP) is 2.71. The lowest BCUT2D eigenvalue weighted by Crippen LogP contribution is -1.92. The lowest BCUT2D eigenvalue weighted by Gasteiger charge is -2.00. The van der Waals surface area contributed by atoms with Gasteiger partial charge in [-0.3, -0.25) is 4.37 Å². The van der Waals surface area contributed by atoms with E-state index in [1.54, 1.807) is 0 Å². The van der Waals surface area contributed by atoms with Crippen molar-refractivity contribution < 1.29 is 0 Å². The van der Waals surface area contributed by atoms with Gasteiger partial charge in [0.15, 0.2) is 3.95 Å². The summed E-state index contributed by atoms with van der Waals surface area (Å²) in [5.74, 6) is 1.53. The van der Waals surface area contributed by atoms with Crippen molar-refractivity contribution in [2.75, 3.05) is 0 Å². The van der Waals surface area contributed by atoms with Gasteiger partial charge in [-0.2, -0.15) is 0 Å². The minimum Gasteiger partial charge on any atom is -0.296 e. The molecule has 1 heterocycles. The number of hydrogen-bond acceptors (Lipinski definition) is 3. The largest absolute Gasteiger partial charge is 0.296 e. The van der Waals surface area contributed by atoms with E-state index in [9.17, 15) is 0 Å². The summed E-state index contributed by atoms with van der Waals surface area (Å²) in [6, 6.07) is 0. The van der Waals surface area contributed by atoms with E-state index in [2.05, 4.69) is 23.2 Å². The van der Waals surface area contributed by atoms with Crippen LogP contribution in [0.4, 0.5) is 0 Å². The topological polar surface area (TPSA) is 28.7 Å². The first kappa shape index (κ1) is 7.88. The highest BCUT2D eigenvalue weighted by Gasteiger charge is 2.04. The Labute approximate surface area is 69.5 Å². The minimum absolute atomic E-state index is 0.507.